The standard InChI is InChI=1S/C29H25FN2O4/c1-3-6-23-13-20(14-27(35-2)28(23)36-18-19-9-11-24(30)12-10-19)17-31-32-29(34)25-15-21-7-4-5-8-22(21)16-26(25)33/h3-5,7-17,33H,1,6,18H2,2H3,(H,32,34). The fourth-order valence-corrected chi connectivity index (χ4v) is 3.75. The van der Waals surface area contributed by atoms with Crippen LogP contribution in [-0.2, 0) is 13.0 Å². The van der Waals surface area contributed by atoms with Gasteiger partial charge in [-0.05, 0) is 64.7 Å². The van der Waals surface area contributed by atoms with Crippen LogP contribution in [-0.4, -0.2) is 24.3 Å². The van der Waals surface area contributed by atoms with Crippen molar-refractivity contribution in [2.45, 2.75) is 13.0 Å². The molecule has 36 heavy (non-hydrogen) atoms. The van der Waals surface area contributed by atoms with Crippen LogP contribution in [0, 0.1) is 5.82 Å². The van der Waals surface area contributed by atoms with Crippen molar-refractivity contribution in [1.29, 1.82) is 0 Å². The van der Waals surface area contributed by atoms with Crippen LogP contribution in [0.2, 0.25) is 0 Å². The third-order valence-electron chi connectivity index (χ3n) is 5.52. The smallest absolute Gasteiger partial charge is 0.275 e. The van der Waals surface area contributed by atoms with Crippen molar-refractivity contribution in [3.63, 3.8) is 0 Å². The SMILES string of the molecule is C=CCc1cc(C=NNC(=O)c2cc3ccccc3cc2O)cc(OC)c1OCc1ccc(F)cc1. The van der Waals surface area contributed by atoms with Gasteiger partial charge in [0, 0.05) is 5.56 Å². The first-order chi connectivity index (χ1) is 17.5. The molecule has 182 valence electrons. The molecule has 0 bridgehead atoms. The number of hydrogen-bond acceptors (Lipinski definition) is 5. The van der Waals surface area contributed by atoms with Crippen LogP contribution in [0.1, 0.15) is 27.0 Å². The molecule has 0 radical (unpaired) electrons. The summed E-state index contributed by atoms with van der Waals surface area (Å²) in [6.45, 7) is 4.04. The highest BCUT2D eigenvalue weighted by Gasteiger charge is 2.14. The van der Waals surface area contributed by atoms with Crippen molar-refractivity contribution in [2.24, 2.45) is 5.10 Å². The summed E-state index contributed by atoms with van der Waals surface area (Å²) in [5.41, 5.74) is 4.87. The van der Waals surface area contributed by atoms with Gasteiger partial charge in [-0.2, -0.15) is 5.10 Å². The number of benzene rings is 4. The van der Waals surface area contributed by atoms with Gasteiger partial charge in [0.1, 0.15) is 18.2 Å². The number of ether oxygens (including phenoxy) is 2. The second-order valence-corrected chi connectivity index (χ2v) is 8.03. The minimum atomic E-state index is -0.535. The number of phenols is 1. The Morgan fingerprint density at radius 3 is 2.50 bits per heavy atom. The second-order valence-electron chi connectivity index (χ2n) is 8.03. The van der Waals surface area contributed by atoms with Gasteiger partial charge >= 0.3 is 0 Å². The Morgan fingerprint density at radius 1 is 1.08 bits per heavy atom. The first kappa shape index (κ1) is 24.5. The Labute approximate surface area is 208 Å². The number of aromatic hydroxyl groups is 1. The topological polar surface area (TPSA) is 80.2 Å². The maximum Gasteiger partial charge on any atom is 0.275 e. The van der Waals surface area contributed by atoms with Crippen LogP contribution >= 0.6 is 0 Å². The lowest BCUT2D eigenvalue weighted by atomic mass is 10.1. The van der Waals surface area contributed by atoms with Crippen molar-refractivity contribution < 1.29 is 23.8 Å². The van der Waals surface area contributed by atoms with E-state index in [0.717, 1.165) is 21.9 Å². The summed E-state index contributed by atoms with van der Waals surface area (Å²) in [6.07, 6.45) is 3.73. The number of carbonyl (C=O) groups excluding carboxylic acids is 1. The molecule has 4 rings (SSSR count). The summed E-state index contributed by atoms with van der Waals surface area (Å²) >= 11 is 0. The maximum atomic E-state index is 13.2. The number of hydrazone groups is 1. The molecule has 0 spiro atoms. The lowest BCUT2D eigenvalue weighted by molar-refractivity contribution is 0.0952. The number of amides is 1. The van der Waals surface area contributed by atoms with Gasteiger partial charge in [0.15, 0.2) is 11.5 Å². The molecular formula is C29H25FN2O4. The number of carbonyl (C=O) groups is 1. The highest BCUT2D eigenvalue weighted by molar-refractivity contribution is 6.01. The molecule has 7 heteroatoms. The largest absolute Gasteiger partial charge is 0.507 e. The molecule has 0 aromatic heterocycles. The van der Waals surface area contributed by atoms with Crippen LogP contribution in [0.25, 0.3) is 10.8 Å². The Morgan fingerprint density at radius 2 is 1.81 bits per heavy atom. The monoisotopic (exact) mass is 484 g/mol. The van der Waals surface area contributed by atoms with E-state index >= 15 is 0 Å². The number of nitrogens with zero attached hydrogens (tertiary/aromatic N) is 1. The number of phenolic OH excluding ortho intramolecular Hbond substituents is 1. The van der Waals surface area contributed by atoms with Crippen molar-refractivity contribution in [1.82, 2.24) is 5.43 Å². The lowest BCUT2D eigenvalue weighted by Crippen LogP contribution is -2.17. The van der Waals surface area contributed by atoms with Gasteiger partial charge in [-0.15, -0.1) is 6.58 Å². The summed E-state index contributed by atoms with van der Waals surface area (Å²) in [7, 11) is 1.53. The Bertz CT molecular complexity index is 1430. The molecule has 0 aliphatic carbocycles. The molecule has 4 aromatic rings. The zero-order valence-electron chi connectivity index (χ0n) is 19.7. The number of methoxy groups -OCH3 is 1. The fourth-order valence-electron chi connectivity index (χ4n) is 3.75. The molecule has 0 aliphatic heterocycles. The van der Waals surface area contributed by atoms with Gasteiger partial charge < -0.3 is 14.6 Å². The van der Waals surface area contributed by atoms with E-state index < -0.39 is 5.91 Å². The number of fused-ring (bicyclic) bond motifs is 1. The molecule has 0 fully saturated rings. The minimum absolute atomic E-state index is 0.125. The molecule has 0 saturated carbocycles. The number of halogens is 1. The van der Waals surface area contributed by atoms with Gasteiger partial charge in [0.05, 0.1) is 18.9 Å². The average Bonchev–Trinajstić information content (AvgIpc) is 2.88. The average molecular weight is 485 g/mol. The van der Waals surface area contributed by atoms with Crippen LogP contribution in [0.4, 0.5) is 4.39 Å². The van der Waals surface area contributed by atoms with Crippen molar-refractivity contribution >= 4 is 22.9 Å². The summed E-state index contributed by atoms with van der Waals surface area (Å²) < 4.78 is 24.7. The van der Waals surface area contributed by atoms with Gasteiger partial charge in [-0.1, -0.05) is 42.5 Å². The van der Waals surface area contributed by atoms with Gasteiger partial charge in [-0.25, -0.2) is 9.82 Å². The maximum absolute atomic E-state index is 13.2. The van der Waals surface area contributed by atoms with Gasteiger partial charge in [0.25, 0.3) is 5.91 Å². The summed E-state index contributed by atoms with van der Waals surface area (Å²) in [5, 5.41) is 16.0. The van der Waals surface area contributed by atoms with E-state index in [9.17, 15) is 14.3 Å². The predicted octanol–water partition coefficient (Wildman–Crippen LogP) is 5.76. The molecule has 2 N–H and O–H groups in total. The quantitative estimate of drug-likeness (QED) is 0.180. The summed E-state index contributed by atoms with van der Waals surface area (Å²) in [5.74, 6) is 0.0571. The van der Waals surface area contributed by atoms with E-state index in [4.69, 9.17) is 9.47 Å². The zero-order valence-corrected chi connectivity index (χ0v) is 19.7. The lowest BCUT2D eigenvalue weighted by Gasteiger charge is -2.16. The van der Waals surface area contributed by atoms with E-state index in [2.05, 4.69) is 17.1 Å². The molecule has 0 heterocycles. The minimum Gasteiger partial charge on any atom is -0.507 e. The molecule has 6 nitrogen and oxygen atoms in total. The van der Waals surface area contributed by atoms with Crippen LogP contribution in [0.3, 0.4) is 0 Å². The number of allylic oxidation sites excluding steroid dienone is 1. The molecule has 0 unspecified atom stereocenters. The number of nitrogens with one attached hydrogen (secondary N) is 1. The van der Waals surface area contributed by atoms with E-state index in [1.165, 1.54) is 25.5 Å². The predicted molar refractivity (Wildman–Crippen MR) is 138 cm³/mol. The fraction of sp³-hybridized carbons (Fsp3) is 0.103. The Hall–Kier alpha value is -4.65. The van der Waals surface area contributed by atoms with Crippen LogP contribution < -0.4 is 14.9 Å². The van der Waals surface area contributed by atoms with E-state index in [1.807, 2.05) is 30.3 Å². The van der Waals surface area contributed by atoms with E-state index in [1.54, 1.807) is 36.4 Å². The molecule has 1 amide bonds. The highest BCUT2D eigenvalue weighted by atomic mass is 19.1. The first-order valence-corrected chi connectivity index (χ1v) is 11.2. The third-order valence-corrected chi connectivity index (χ3v) is 5.52. The zero-order chi connectivity index (χ0) is 25.5. The Kier molecular flexibility index (Phi) is 7.60. The second kappa shape index (κ2) is 11.2. The van der Waals surface area contributed by atoms with E-state index in [-0.39, 0.29) is 23.7 Å². The Balaban J connectivity index is 1.52. The molecule has 0 saturated heterocycles. The summed E-state index contributed by atoms with van der Waals surface area (Å²) in [6, 6.07) is 20.3. The molecular weight excluding hydrogens is 459 g/mol. The normalized spacial score (nSPS) is 10.9. The number of rotatable bonds is 9. The highest BCUT2D eigenvalue weighted by Crippen LogP contribution is 2.34. The van der Waals surface area contributed by atoms with Crippen molar-refractivity contribution in [3.8, 4) is 17.2 Å². The van der Waals surface area contributed by atoms with Crippen LogP contribution in [0.15, 0.2) is 90.6 Å². The summed E-state index contributed by atoms with van der Waals surface area (Å²) in [4.78, 5) is 12.6. The van der Waals surface area contributed by atoms with Crippen molar-refractivity contribution in [3.05, 3.63) is 114 Å². The molecule has 0 aliphatic rings. The van der Waals surface area contributed by atoms with E-state index in [0.29, 0.717) is 23.5 Å². The van der Waals surface area contributed by atoms with Crippen LogP contribution in [0.5, 0.6) is 17.2 Å². The van der Waals surface area contributed by atoms with Gasteiger partial charge in [-0.3, -0.25) is 4.79 Å². The number of hydrogen-bond donors (Lipinski definition) is 2. The third kappa shape index (κ3) is 5.70. The first-order valence-electron chi connectivity index (χ1n) is 11.2. The van der Waals surface area contributed by atoms with Gasteiger partial charge in [0.2, 0.25) is 0 Å². The molecule has 0 atom stereocenters. The van der Waals surface area contributed by atoms with Crippen molar-refractivity contribution in [2.75, 3.05) is 7.11 Å². The molecule has 4 aromatic carbocycles.